The van der Waals surface area contributed by atoms with Crippen molar-refractivity contribution >= 4 is 11.9 Å². The minimum Gasteiger partial charge on any atom is -0.487 e. The van der Waals surface area contributed by atoms with Gasteiger partial charge in [-0.1, -0.05) is 12.1 Å². The first-order chi connectivity index (χ1) is 23.7. The molecule has 2 heterocycles. The number of carbonyl (C=O) groups is 2. The Morgan fingerprint density at radius 1 is 0.438 bits per heavy atom. The van der Waals surface area contributed by atoms with Crippen molar-refractivity contribution in [1.82, 2.24) is 0 Å². The van der Waals surface area contributed by atoms with Crippen LogP contribution in [-0.4, -0.2) is 118 Å². The summed E-state index contributed by atoms with van der Waals surface area (Å²) in [6.45, 7) is 6.46. The first kappa shape index (κ1) is 36.9. The largest absolute Gasteiger partial charge is 0.487 e. The van der Waals surface area contributed by atoms with Crippen LogP contribution in [0.25, 0.3) is 0 Å². The third-order valence-corrected chi connectivity index (χ3v) is 6.56. The Bertz CT molecular complexity index is 1170. The zero-order valence-corrected chi connectivity index (χ0v) is 27.1. The molecule has 0 fully saturated rings. The lowest BCUT2D eigenvalue weighted by Gasteiger charge is -2.14. The van der Waals surface area contributed by atoms with E-state index in [2.05, 4.69) is 0 Å². The minimum absolute atomic E-state index is 0.0477. The molecule has 0 bridgehead atoms. The van der Waals surface area contributed by atoms with Crippen LogP contribution >= 0.6 is 0 Å². The highest BCUT2D eigenvalue weighted by atomic mass is 16.6. The molecule has 4 rings (SSSR count). The summed E-state index contributed by atoms with van der Waals surface area (Å²) in [4.78, 5) is 24.7. The molecule has 0 aliphatic carbocycles. The quantitative estimate of drug-likeness (QED) is 0.327. The molecular formula is C34H44O14. The van der Waals surface area contributed by atoms with E-state index in [9.17, 15) is 9.59 Å². The summed E-state index contributed by atoms with van der Waals surface area (Å²) in [6.07, 6.45) is 2.03. The van der Waals surface area contributed by atoms with Crippen LogP contribution in [0.3, 0.4) is 0 Å². The molecule has 2 aliphatic heterocycles. The summed E-state index contributed by atoms with van der Waals surface area (Å²) in [5.41, 5.74) is 1.34. The van der Waals surface area contributed by atoms with Gasteiger partial charge < -0.3 is 56.8 Å². The highest BCUT2D eigenvalue weighted by Crippen LogP contribution is 2.30. The highest BCUT2D eigenvalue weighted by Gasteiger charge is 2.12. The number of hydrogen-bond acceptors (Lipinski definition) is 14. The molecule has 0 amide bonds. The van der Waals surface area contributed by atoms with E-state index in [1.807, 2.05) is 0 Å². The normalized spacial score (nSPS) is 17.9. The van der Waals surface area contributed by atoms with Crippen LogP contribution in [0.4, 0.5) is 0 Å². The van der Waals surface area contributed by atoms with Gasteiger partial charge in [-0.3, -0.25) is 0 Å². The summed E-state index contributed by atoms with van der Waals surface area (Å²) in [7, 11) is 0. The monoisotopic (exact) mass is 676 g/mol. The number of benzene rings is 2. The van der Waals surface area contributed by atoms with E-state index in [1.54, 1.807) is 36.4 Å². The van der Waals surface area contributed by atoms with Gasteiger partial charge in [-0.2, -0.15) is 0 Å². The third-order valence-electron chi connectivity index (χ3n) is 6.56. The van der Waals surface area contributed by atoms with E-state index in [0.29, 0.717) is 140 Å². The lowest BCUT2D eigenvalue weighted by Crippen LogP contribution is -2.13. The van der Waals surface area contributed by atoms with Crippen molar-refractivity contribution in [3.8, 4) is 23.0 Å². The highest BCUT2D eigenvalue weighted by molar-refractivity contribution is 5.91. The van der Waals surface area contributed by atoms with Gasteiger partial charge in [-0.25, -0.2) is 9.59 Å². The van der Waals surface area contributed by atoms with Gasteiger partial charge in [-0.05, 0) is 35.4 Å². The number of esters is 2. The number of carbonyl (C=O) groups excluding carboxylic acids is 2. The third kappa shape index (κ3) is 14.9. The van der Waals surface area contributed by atoms with Crippen LogP contribution in [0, 0.1) is 0 Å². The second kappa shape index (κ2) is 22.6. The molecule has 0 aromatic heterocycles. The van der Waals surface area contributed by atoms with Crippen molar-refractivity contribution in [1.29, 1.82) is 0 Å². The number of ether oxygens (including phenoxy) is 12. The Labute approximate surface area is 280 Å². The number of fused-ring (bicyclic) bond motifs is 2. The molecule has 0 saturated heterocycles. The Morgan fingerprint density at radius 2 is 0.729 bits per heavy atom. The summed E-state index contributed by atoms with van der Waals surface area (Å²) >= 11 is 0. The van der Waals surface area contributed by atoms with Crippen molar-refractivity contribution in [2.24, 2.45) is 0 Å². The lowest BCUT2D eigenvalue weighted by molar-refractivity contribution is -0.141. The lowest BCUT2D eigenvalue weighted by atomic mass is 10.2. The van der Waals surface area contributed by atoms with Gasteiger partial charge in [0.1, 0.15) is 39.6 Å². The summed E-state index contributed by atoms with van der Waals surface area (Å²) in [5, 5.41) is 0. The van der Waals surface area contributed by atoms with E-state index in [0.717, 1.165) is 12.2 Å². The Morgan fingerprint density at radius 3 is 1.06 bits per heavy atom. The molecule has 0 N–H and O–H groups in total. The predicted molar refractivity (Wildman–Crippen MR) is 169 cm³/mol. The van der Waals surface area contributed by atoms with Gasteiger partial charge in [0, 0.05) is 12.2 Å². The Hall–Kier alpha value is -3.92. The molecule has 0 unspecified atom stereocenters. The fourth-order valence-electron chi connectivity index (χ4n) is 4.22. The standard InChI is InChI=1S/C34H44O14/c35-33(47-25-27-1-3-29-31(23-27)45-21-17-41-13-9-37-7-11-39-15-19-43-29)5-6-34(36)48-26-28-2-4-30-32(24-28)46-22-18-42-14-10-38-8-12-40-16-20-44-30/h1-6,23-24H,7-22,25-26H2/b6-5+. The molecule has 14 heteroatoms. The van der Waals surface area contributed by atoms with E-state index in [4.69, 9.17) is 56.8 Å². The molecule has 0 atom stereocenters. The zero-order chi connectivity index (χ0) is 33.5. The fraction of sp³-hybridized carbons (Fsp3) is 0.529. The van der Waals surface area contributed by atoms with E-state index >= 15 is 0 Å². The molecular weight excluding hydrogens is 632 g/mol. The summed E-state index contributed by atoms with van der Waals surface area (Å²) in [6, 6.07) is 10.5. The van der Waals surface area contributed by atoms with E-state index < -0.39 is 11.9 Å². The van der Waals surface area contributed by atoms with Crippen LogP contribution in [0.1, 0.15) is 11.1 Å². The maximum Gasteiger partial charge on any atom is 0.331 e. The Balaban J connectivity index is 1.23. The van der Waals surface area contributed by atoms with Crippen molar-refractivity contribution in [2.45, 2.75) is 13.2 Å². The molecule has 14 nitrogen and oxygen atoms in total. The van der Waals surface area contributed by atoms with Gasteiger partial charge in [0.15, 0.2) is 23.0 Å². The SMILES string of the molecule is O=C(/C=C/C(=O)OCc1ccc2c(c1)OCCOCCOCCOCCO2)OCc1ccc2c(c1)OCCOCCOCCOCCO2. The van der Waals surface area contributed by atoms with Crippen LogP contribution in [0.15, 0.2) is 48.6 Å². The second-order valence-electron chi connectivity index (χ2n) is 10.2. The predicted octanol–water partition coefficient (Wildman–Crippen LogP) is 2.67. The molecule has 0 spiro atoms. The van der Waals surface area contributed by atoms with Gasteiger partial charge in [0.25, 0.3) is 0 Å². The topological polar surface area (TPSA) is 145 Å². The van der Waals surface area contributed by atoms with Crippen LogP contribution < -0.4 is 18.9 Å². The molecule has 264 valence electrons. The average molecular weight is 677 g/mol. The van der Waals surface area contributed by atoms with Crippen molar-refractivity contribution < 1.29 is 66.4 Å². The summed E-state index contributed by atoms with van der Waals surface area (Å²) < 4.78 is 66.8. The first-order valence-electron chi connectivity index (χ1n) is 15.9. The fourth-order valence-corrected chi connectivity index (χ4v) is 4.22. The smallest absolute Gasteiger partial charge is 0.331 e. The van der Waals surface area contributed by atoms with Crippen molar-refractivity contribution in [2.75, 3.05) is 106 Å². The van der Waals surface area contributed by atoms with Crippen LogP contribution in [0.5, 0.6) is 23.0 Å². The minimum atomic E-state index is -0.710. The van der Waals surface area contributed by atoms with Gasteiger partial charge >= 0.3 is 11.9 Å². The molecule has 48 heavy (non-hydrogen) atoms. The van der Waals surface area contributed by atoms with E-state index in [-0.39, 0.29) is 13.2 Å². The molecule has 2 aliphatic rings. The number of rotatable bonds is 6. The van der Waals surface area contributed by atoms with Crippen LogP contribution in [0.2, 0.25) is 0 Å². The average Bonchev–Trinajstić information content (AvgIpc) is 3.11. The molecule has 2 aromatic carbocycles. The molecule has 0 radical (unpaired) electrons. The first-order valence-corrected chi connectivity index (χ1v) is 15.9. The maximum atomic E-state index is 12.3. The van der Waals surface area contributed by atoms with Gasteiger partial charge in [-0.15, -0.1) is 0 Å². The second-order valence-corrected chi connectivity index (χ2v) is 10.2. The maximum absolute atomic E-state index is 12.3. The van der Waals surface area contributed by atoms with Crippen molar-refractivity contribution in [3.05, 3.63) is 59.7 Å². The number of hydrogen-bond donors (Lipinski definition) is 0. The zero-order valence-electron chi connectivity index (χ0n) is 27.1. The summed E-state index contributed by atoms with van der Waals surface area (Å²) in [5.74, 6) is 0.612. The van der Waals surface area contributed by atoms with E-state index in [1.165, 1.54) is 0 Å². The van der Waals surface area contributed by atoms with Gasteiger partial charge in [0.2, 0.25) is 0 Å². The van der Waals surface area contributed by atoms with Crippen LogP contribution in [-0.2, 0) is 60.7 Å². The Kier molecular flexibility index (Phi) is 17.4. The molecule has 2 aromatic rings. The molecule has 0 saturated carbocycles. The van der Waals surface area contributed by atoms with Crippen molar-refractivity contribution in [3.63, 3.8) is 0 Å². The van der Waals surface area contributed by atoms with Gasteiger partial charge in [0.05, 0.1) is 79.3 Å².